The smallest absolute Gasteiger partial charge is 0.481 e. The normalized spacial score (nSPS) is 23.4. The number of carboxylic acid groups (broad SMARTS) is 1. The first-order valence-electron chi connectivity index (χ1n) is 27.2. The third-order valence-electron chi connectivity index (χ3n) is 15.2. The number of carbonyl (C=O) groups is 4. The van der Waals surface area contributed by atoms with Crippen LogP contribution in [0.15, 0.2) is 71.7 Å². The van der Waals surface area contributed by atoms with E-state index in [0.717, 1.165) is 105 Å². The maximum absolute atomic E-state index is 11.7. The molecule has 0 spiro atoms. The number of aliphatic carboxylic acids is 1. The van der Waals surface area contributed by atoms with Gasteiger partial charge in [0.1, 0.15) is 0 Å². The van der Waals surface area contributed by atoms with Crippen LogP contribution >= 0.6 is 15.9 Å². The number of hydrogen-bond acceptors (Lipinski definition) is 13. The lowest BCUT2D eigenvalue weighted by Gasteiger charge is -2.32. The Morgan fingerprint density at radius 3 is 1.34 bits per heavy atom. The van der Waals surface area contributed by atoms with Gasteiger partial charge in [-0.25, -0.2) is 0 Å². The summed E-state index contributed by atoms with van der Waals surface area (Å²) in [6.45, 7) is 15.2. The monoisotopic (exact) mass is 1120 g/mol. The first-order chi connectivity index (χ1) is 36.1. The molecule has 418 valence electrons. The van der Waals surface area contributed by atoms with Gasteiger partial charge in [-0.05, 0) is 188 Å². The number of halogens is 1. The molecular weight excluding hydrogens is 1040 g/mol. The van der Waals surface area contributed by atoms with Gasteiger partial charge < -0.3 is 28.6 Å². The first kappa shape index (κ1) is 61.5. The van der Waals surface area contributed by atoms with Crippen molar-refractivity contribution in [2.75, 3.05) is 19.8 Å². The predicted molar refractivity (Wildman–Crippen MR) is 294 cm³/mol. The number of nitrogens with zero attached hydrogens (tertiary/aromatic N) is 8. The fraction of sp³-hybridized carbons (Fsp3) is 0.643. The Balaban J connectivity index is 0.000000180. The van der Waals surface area contributed by atoms with Gasteiger partial charge in [0.15, 0.2) is 0 Å². The number of carboxylic acids is 1. The largest absolute Gasteiger partial charge is 0.490 e. The summed E-state index contributed by atoms with van der Waals surface area (Å²) in [4.78, 5) is 45.7. The molecule has 4 aromatic heterocycles. The summed E-state index contributed by atoms with van der Waals surface area (Å²) in [5, 5.41) is 25.3. The summed E-state index contributed by atoms with van der Waals surface area (Å²) < 4.78 is 35.5. The molecule has 18 nitrogen and oxygen atoms in total. The molecule has 0 amide bonds. The number of allylic oxidation sites excluding steroid dienone is 4. The zero-order valence-electron chi connectivity index (χ0n) is 46.9. The van der Waals surface area contributed by atoms with Gasteiger partial charge in [-0.2, -0.15) is 20.4 Å². The average molecular weight is 1120 g/mol. The van der Waals surface area contributed by atoms with Crippen molar-refractivity contribution in [3.05, 3.63) is 88.4 Å². The van der Waals surface area contributed by atoms with Crippen LogP contribution in [0.5, 0.6) is 0 Å². The summed E-state index contributed by atoms with van der Waals surface area (Å²) in [5.41, 5.74) is 5.54. The minimum Gasteiger partial charge on any atom is -0.481 e. The third-order valence-corrected chi connectivity index (χ3v) is 15.6. The molecule has 2 atom stereocenters. The van der Waals surface area contributed by atoms with Crippen LogP contribution in [-0.4, -0.2) is 106 Å². The molecule has 9 rings (SSSR count). The van der Waals surface area contributed by atoms with E-state index in [1.807, 2.05) is 90.8 Å². The molecule has 20 heteroatoms. The van der Waals surface area contributed by atoms with Crippen molar-refractivity contribution in [2.45, 2.75) is 161 Å². The molecule has 1 saturated heterocycles. The van der Waals surface area contributed by atoms with E-state index in [4.69, 9.17) is 28.6 Å². The minimum atomic E-state index is -0.639. The van der Waals surface area contributed by atoms with Crippen LogP contribution in [0.25, 0.3) is 5.57 Å². The molecule has 3 fully saturated rings. The van der Waals surface area contributed by atoms with Gasteiger partial charge in [0.25, 0.3) is 0 Å². The van der Waals surface area contributed by atoms with Gasteiger partial charge in [-0.1, -0.05) is 12.2 Å². The molecule has 1 aliphatic heterocycles. The number of hydrogen-bond donors (Lipinski definition) is 1. The maximum atomic E-state index is 11.7. The highest BCUT2D eigenvalue weighted by atomic mass is 79.9. The molecule has 76 heavy (non-hydrogen) atoms. The van der Waals surface area contributed by atoms with Crippen LogP contribution in [-0.2, 0) is 70.9 Å². The number of esters is 3. The van der Waals surface area contributed by atoms with Crippen molar-refractivity contribution in [3.8, 4) is 0 Å². The molecule has 0 bridgehead atoms. The number of carbonyl (C=O) groups excluding carboxylic acids is 3. The highest BCUT2D eigenvalue weighted by Crippen LogP contribution is 2.41. The SMILES string of the molecule is CCOC(=O)C1CC=C(B2OC(C)(C)C(C)(C)O2)CC1.CCOC(=O)C1CC=C(c2cnn(C)c2)CC1.CCOC(=O)C1CCC(c2cnn(C)c2)CC1.Cn1cc(Br)cn1.Cn1cc(C2CCC(C(=O)O)CC2)cn1. The Hall–Kier alpha value is -5.34. The summed E-state index contributed by atoms with van der Waals surface area (Å²) in [6.07, 6.45) is 32.2. The Bertz CT molecular complexity index is 2500. The molecule has 0 aromatic carbocycles. The Labute approximate surface area is 458 Å². The fourth-order valence-electron chi connectivity index (χ4n) is 9.98. The second kappa shape index (κ2) is 29.4. The Kier molecular flexibility index (Phi) is 23.8. The second-order valence-corrected chi connectivity index (χ2v) is 22.3. The van der Waals surface area contributed by atoms with Gasteiger partial charge in [0.05, 0.1) is 84.0 Å². The fourth-order valence-corrected chi connectivity index (χ4v) is 10.4. The van der Waals surface area contributed by atoms with Crippen LogP contribution in [0.4, 0.5) is 0 Å². The zero-order chi connectivity index (χ0) is 55.6. The molecule has 5 heterocycles. The van der Waals surface area contributed by atoms with Crippen LogP contribution in [0.3, 0.4) is 0 Å². The third kappa shape index (κ3) is 18.4. The van der Waals surface area contributed by atoms with E-state index < -0.39 is 5.97 Å². The Morgan fingerprint density at radius 1 is 0.579 bits per heavy atom. The van der Waals surface area contributed by atoms with E-state index in [-0.39, 0.29) is 59.9 Å². The lowest BCUT2D eigenvalue weighted by atomic mass is 9.70. The van der Waals surface area contributed by atoms with Gasteiger partial charge in [0.2, 0.25) is 0 Å². The Morgan fingerprint density at radius 2 is 1.00 bits per heavy atom. The number of aryl methyl sites for hydroxylation is 4. The van der Waals surface area contributed by atoms with Crippen molar-refractivity contribution in [1.29, 1.82) is 0 Å². The van der Waals surface area contributed by atoms with E-state index >= 15 is 0 Å². The van der Waals surface area contributed by atoms with Gasteiger partial charge in [0, 0.05) is 58.5 Å². The highest BCUT2D eigenvalue weighted by molar-refractivity contribution is 9.10. The van der Waals surface area contributed by atoms with E-state index in [1.54, 1.807) is 20.2 Å². The molecule has 0 radical (unpaired) electrons. The van der Waals surface area contributed by atoms with Crippen LogP contribution < -0.4 is 0 Å². The molecular formula is C56H84BBrN8O10. The quantitative estimate of drug-likeness (QED) is 0.0843. The number of aromatic nitrogens is 8. The minimum absolute atomic E-state index is 0.0128. The molecule has 2 saturated carbocycles. The summed E-state index contributed by atoms with van der Waals surface area (Å²) in [6, 6.07) is 0. The maximum Gasteiger partial charge on any atom is 0.490 e. The van der Waals surface area contributed by atoms with Crippen molar-refractivity contribution >= 4 is 52.5 Å². The van der Waals surface area contributed by atoms with E-state index in [0.29, 0.717) is 31.7 Å². The zero-order valence-corrected chi connectivity index (χ0v) is 48.5. The lowest BCUT2D eigenvalue weighted by molar-refractivity contribution is -0.149. The molecule has 4 aromatic rings. The molecule has 5 aliphatic rings. The number of rotatable bonds is 11. The first-order valence-corrected chi connectivity index (χ1v) is 28.0. The summed E-state index contributed by atoms with van der Waals surface area (Å²) in [5.74, 6) is 0.281. The van der Waals surface area contributed by atoms with Crippen molar-refractivity contribution in [3.63, 3.8) is 0 Å². The van der Waals surface area contributed by atoms with Crippen molar-refractivity contribution < 1.29 is 47.8 Å². The van der Waals surface area contributed by atoms with Gasteiger partial charge in [-0.3, -0.25) is 37.9 Å². The molecule has 4 aliphatic carbocycles. The number of ether oxygens (including phenoxy) is 3. The average Bonchev–Trinajstić information content (AvgIpc) is 4.26. The molecule has 1 N–H and O–H groups in total. The van der Waals surface area contributed by atoms with E-state index in [2.05, 4.69) is 82.4 Å². The van der Waals surface area contributed by atoms with E-state index in [9.17, 15) is 19.2 Å². The van der Waals surface area contributed by atoms with Gasteiger partial charge in [-0.15, -0.1) is 0 Å². The standard InChI is InChI=1S/C15H25BO4.C13H20N2O2.C13H18N2O2.C11H16N2O2.C4H5BrN2/c1-6-18-13(17)11-7-9-12(10-8-11)16-19-14(2,3)15(4,5)20-16;2*1-3-17-13(16)11-6-4-10(5-7-11)12-8-14-15(2)9-12;1-13-7-10(6-12-13)8-2-4-9(5-3-8)11(14)15;1-7-3-4(5)2-6-7/h9,11H,6-8,10H2,1-5H3;8-11H,3-7H2,1-2H3;4,8-9,11H,3,5-7H2,1-2H3;6-9H,2-5H2,1H3,(H,14,15);2-3H,1H3. The predicted octanol–water partition coefficient (Wildman–Crippen LogP) is 10.3. The van der Waals surface area contributed by atoms with Gasteiger partial charge >= 0.3 is 31.0 Å². The van der Waals surface area contributed by atoms with Crippen molar-refractivity contribution in [1.82, 2.24) is 39.1 Å². The highest BCUT2D eigenvalue weighted by Gasteiger charge is 2.52. The second-order valence-electron chi connectivity index (χ2n) is 21.4. The van der Waals surface area contributed by atoms with Crippen LogP contribution in [0, 0.1) is 23.7 Å². The topological polar surface area (TPSA) is 206 Å². The lowest BCUT2D eigenvalue weighted by Crippen LogP contribution is -2.41. The summed E-state index contributed by atoms with van der Waals surface area (Å²) in [7, 11) is 7.36. The van der Waals surface area contributed by atoms with Crippen LogP contribution in [0.2, 0.25) is 0 Å². The molecule has 2 unspecified atom stereocenters. The van der Waals surface area contributed by atoms with E-state index in [1.165, 1.54) is 16.7 Å². The van der Waals surface area contributed by atoms with Crippen molar-refractivity contribution in [2.24, 2.45) is 51.9 Å². The summed E-state index contributed by atoms with van der Waals surface area (Å²) >= 11 is 3.25. The van der Waals surface area contributed by atoms with Crippen LogP contribution in [0.1, 0.15) is 167 Å².